The normalized spacial score (nSPS) is 25.9. The second-order valence-corrected chi connectivity index (χ2v) is 5.61. The molecule has 2 atom stereocenters. The number of esters is 1. The minimum Gasteiger partial charge on any atom is -0.433 e. The Bertz CT molecular complexity index is 230. The zero-order chi connectivity index (χ0) is 12.2. The second-order valence-electron chi connectivity index (χ2n) is 5.61. The van der Waals surface area contributed by atoms with Crippen LogP contribution in [-0.2, 0) is 14.3 Å². The summed E-state index contributed by atoms with van der Waals surface area (Å²) < 4.78 is 10.9. The first-order valence-electron chi connectivity index (χ1n) is 6.31. The maximum absolute atomic E-state index is 11.5. The number of carbonyl (C=O) groups is 1. The average molecular weight is 228 g/mol. The van der Waals surface area contributed by atoms with Gasteiger partial charge in [0.2, 0.25) is 6.29 Å². The molecule has 1 rings (SSSR count). The van der Waals surface area contributed by atoms with Crippen molar-refractivity contribution in [3.05, 3.63) is 0 Å². The van der Waals surface area contributed by atoms with Crippen LogP contribution in [0.2, 0.25) is 0 Å². The molecule has 0 spiro atoms. The van der Waals surface area contributed by atoms with E-state index < -0.39 is 0 Å². The molecule has 16 heavy (non-hydrogen) atoms. The lowest BCUT2D eigenvalue weighted by Crippen LogP contribution is -2.27. The van der Waals surface area contributed by atoms with Crippen molar-refractivity contribution in [2.75, 3.05) is 0 Å². The lowest BCUT2D eigenvalue weighted by atomic mass is 9.96. The molecule has 0 radical (unpaired) electrons. The van der Waals surface area contributed by atoms with Gasteiger partial charge < -0.3 is 9.47 Å². The molecule has 0 amide bonds. The number of hydrogen-bond donors (Lipinski definition) is 0. The first kappa shape index (κ1) is 13.5. The van der Waals surface area contributed by atoms with Crippen LogP contribution in [0.3, 0.4) is 0 Å². The van der Waals surface area contributed by atoms with E-state index in [4.69, 9.17) is 9.47 Å². The maximum Gasteiger partial charge on any atom is 0.337 e. The molecular formula is C13H24O3. The summed E-state index contributed by atoms with van der Waals surface area (Å²) >= 11 is 0. The van der Waals surface area contributed by atoms with Gasteiger partial charge in [-0.3, -0.25) is 0 Å². The van der Waals surface area contributed by atoms with Crippen molar-refractivity contribution in [2.45, 2.75) is 72.2 Å². The van der Waals surface area contributed by atoms with E-state index in [2.05, 4.69) is 6.92 Å². The SMILES string of the molecule is CCCCCC[C@@H]1O[C@H](C(C)(C)C)OC1=O. The van der Waals surface area contributed by atoms with Crippen LogP contribution in [0.25, 0.3) is 0 Å². The van der Waals surface area contributed by atoms with Crippen molar-refractivity contribution in [3.8, 4) is 0 Å². The van der Waals surface area contributed by atoms with Gasteiger partial charge in [0.25, 0.3) is 0 Å². The van der Waals surface area contributed by atoms with E-state index in [9.17, 15) is 4.79 Å². The zero-order valence-corrected chi connectivity index (χ0v) is 10.9. The summed E-state index contributed by atoms with van der Waals surface area (Å²) in [5, 5.41) is 0. The van der Waals surface area contributed by atoms with Crippen molar-refractivity contribution in [1.82, 2.24) is 0 Å². The molecule has 94 valence electrons. The van der Waals surface area contributed by atoms with Gasteiger partial charge in [-0.1, -0.05) is 53.4 Å². The van der Waals surface area contributed by atoms with E-state index in [1.165, 1.54) is 19.3 Å². The van der Waals surface area contributed by atoms with Gasteiger partial charge in [-0.15, -0.1) is 0 Å². The fourth-order valence-electron chi connectivity index (χ4n) is 1.74. The number of ether oxygens (including phenoxy) is 2. The minimum absolute atomic E-state index is 0.131. The van der Waals surface area contributed by atoms with E-state index in [1.54, 1.807) is 0 Å². The van der Waals surface area contributed by atoms with Crippen molar-refractivity contribution < 1.29 is 14.3 Å². The predicted octanol–water partition coefficient (Wildman–Crippen LogP) is 3.27. The quantitative estimate of drug-likeness (QED) is 0.535. The van der Waals surface area contributed by atoms with Crippen LogP contribution in [0.1, 0.15) is 59.8 Å². The van der Waals surface area contributed by atoms with Crippen molar-refractivity contribution >= 4 is 5.97 Å². The van der Waals surface area contributed by atoms with Gasteiger partial charge >= 0.3 is 5.97 Å². The molecule has 0 aromatic rings. The van der Waals surface area contributed by atoms with Crippen molar-refractivity contribution in [2.24, 2.45) is 5.41 Å². The van der Waals surface area contributed by atoms with Crippen LogP contribution in [0.15, 0.2) is 0 Å². The van der Waals surface area contributed by atoms with Crippen LogP contribution < -0.4 is 0 Å². The molecule has 0 saturated carbocycles. The molecule has 0 unspecified atom stereocenters. The number of rotatable bonds is 5. The summed E-state index contributed by atoms with van der Waals surface area (Å²) in [4.78, 5) is 11.5. The third-order valence-electron chi connectivity index (χ3n) is 2.80. The molecule has 3 nitrogen and oxygen atoms in total. The van der Waals surface area contributed by atoms with E-state index in [-0.39, 0.29) is 23.8 Å². The summed E-state index contributed by atoms with van der Waals surface area (Å²) in [6, 6.07) is 0. The van der Waals surface area contributed by atoms with E-state index in [0.717, 1.165) is 12.8 Å². The Morgan fingerprint density at radius 1 is 1.19 bits per heavy atom. The lowest BCUT2D eigenvalue weighted by Gasteiger charge is -2.24. The summed E-state index contributed by atoms with van der Waals surface area (Å²) in [7, 11) is 0. The molecule has 0 bridgehead atoms. The third-order valence-corrected chi connectivity index (χ3v) is 2.80. The lowest BCUT2D eigenvalue weighted by molar-refractivity contribution is -0.154. The average Bonchev–Trinajstić information content (AvgIpc) is 2.55. The van der Waals surface area contributed by atoms with E-state index >= 15 is 0 Å². The first-order valence-corrected chi connectivity index (χ1v) is 6.31. The first-order chi connectivity index (χ1) is 7.45. The van der Waals surface area contributed by atoms with Gasteiger partial charge in [0.15, 0.2) is 6.10 Å². The molecule has 1 saturated heterocycles. The Kier molecular flexibility index (Phi) is 4.78. The molecule has 1 heterocycles. The van der Waals surface area contributed by atoms with Crippen molar-refractivity contribution in [1.29, 1.82) is 0 Å². The highest BCUT2D eigenvalue weighted by Gasteiger charge is 2.41. The second kappa shape index (κ2) is 5.67. The Labute approximate surface area is 98.5 Å². The molecule has 1 fully saturated rings. The molecule has 0 aromatic heterocycles. The highest BCUT2D eigenvalue weighted by Crippen LogP contribution is 2.31. The number of unbranched alkanes of at least 4 members (excludes halogenated alkanes) is 3. The van der Waals surface area contributed by atoms with Crippen LogP contribution in [0.4, 0.5) is 0 Å². The molecule has 1 aliphatic heterocycles. The number of cyclic esters (lactones) is 1. The third kappa shape index (κ3) is 3.78. The fraction of sp³-hybridized carbons (Fsp3) is 0.923. The van der Waals surface area contributed by atoms with Gasteiger partial charge in [0.1, 0.15) is 0 Å². The maximum atomic E-state index is 11.5. The molecule has 1 aliphatic rings. The largest absolute Gasteiger partial charge is 0.433 e. The van der Waals surface area contributed by atoms with E-state index in [0.29, 0.717) is 0 Å². The Morgan fingerprint density at radius 2 is 1.88 bits per heavy atom. The molecule has 3 heteroatoms. The summed E-state index contributed by atoms with van der Waals surface area (Å²) in [5.74, 6) is -0.184. The summed E-state index contributed by atoms with van der Waals surface area (Å²) in [6.07, 6.45) is 4.74. The topological polar surface area (TPSA) is 35.5 Å². The predicted molar refractivity (Wildman–Crippen MR) is 63.0 cm³/mol. The Balaban J connectivity index is 2.31. The smallest absolute Gasteiger partial charge is 0.337 e. The van der Waals surface area contributed by atoms with Gasteiger partial charge in [0.05, 0.1) is 0 Å². The van der Waals surface area contributed by atoms with Gasteiger partial charge in [-0.2, -0.15) is 0 Å². The zero-order valence-electron chi connectivity index (χ0n) is 10.9. The van der Waals surface area contributed by atoms with Gasteiger partial charge in [-0.25, -0.2) is 4.79 Å². The minimum atomic E-state index is -0.379. The standard InChI is InChI=1S/C13H24O3/c1-5-6-7-8-9-10-11(14)16-12(15-10)13(2,3)4/h10,12H,5-9H2,1-4H3/t10-,12-/m0/s1. The van der Waals surface area contributed by atoms with Crippen LogP contribution in [0.5, 0.6) is 0 Å². The van der Waals surface area contributed by atoms with Gasteiger partial charge in [0, 0.05) is 5.41 Å². The summed E-state index contributed by atoms with van der Waals surface area (Å²) in [5.41, 5.74) is -0.131. The number of carbonyl (C=O) groups excluding carboxylic acids is 1. The molecule has 0 aliphatic carbocycles. The molecular weight excluding hydrogens is 204 g/mol. The highest BCUT2D eigenvalue weighted by atomic mass is 16.8. The fourth-order valence-corrected chi connectivity index (χ4v) is 1.74. The van der Waals surface area contributed by atoms with Crippen molar-refractivity contribution in [3.63, 3.8) is 0 Å². The Morgan fingerprint density at radius 3 is 2.38 bits per heavy atom. The Hall–Kier alpha value is -0.570. The van der Waals surface area contributed by atoms with Gasteiger partial charge in [-0.05, 0) is 6.42 Å². The van der Waals surface area contributed by atoms with E-state index in [1.807, 2.05) is 20.8 Å². The monoisotopic (exact) mass is 228 g/mol. The highest BCUT2D eigenvalue weighted by molar-refractivity contribution is 5.76. The van der Waals surface area contributed by atoms with Crippen LogP contribution in [0, 0.1) is 5.41 Å². The summed E-state index contributed by atoms with van der Waals surface area (Å²) in [6.45, 7) is 8.23. The van der Waals surface area contributed by atoms with Crippen LogP contribution >= 0.6 is 0 Å². The number of hydrogen-bond acceptors (Lipinski definition) is 3. The molecule has 0 aromatic carbocycles. The molecule has 0 N–H and O–H groups in total. The van der Waals surface area contributed by atoms with Crippen LogP contribution in [-0.4, -0.2) is 18.4 Å².